The molecule has 5 rings (SSSR count). The van der Waals surface area contributed by atoms with Gasteiger partial charge >= 0.3 is 0 Å². The zero-order chi connectivity index (χ0) is 23.7. The van der Waals surface area contributed by atoms with Gasteiger partial charge in [0.05, 0.1) is 18.4 Å². The van der Waals surface area contributed by atoms with Gasteiger partial charge in [0, 0.05) is 56.0 Å². The summed E-state index contributed by atoms with van der Waals surface area (Å²) in [6.45, 7) is 8.81. The van der Waals surface area contributed by atoms with Crippen molar-refractivity contribution in [2.45, 2.75) is 39.0 Å². The van der Waals surface area contributed by atoms with Crippen LogP contribution in [0.2, 0.25) is 25.7 Å². The Balaban J connectivity index is 1.28. The van der Waals surface area contributed by atoms with Crippen molar-refractivity contribution in [1.29, 1.82) is 0 Å². The van der Waals surface area contributed by atoms with Crippen molar-refractivity contribution in [3.63, 3.8) is 0 Å². The van der Waals surface area contributed by atoms with Gasteiger partial charge in [-0.25, -0.2) is 14.6 Å². The van der Waals surface area contributed by atoms with E-state index in [2.05, 4.69) is 46.0 Å². The first kappa shape index (κ1) is 22.2. The summed E-state index contributed by atoms with van der Waals surface area (Å²) in [4.78, 5) is 20.2. The average molecular weight is 474 g/mol. The minimum atomic E-state index is -1.10. The van der Waals surface area contributed by atoms with E-state index in [9.17, 15) is 4.79 Å². The highest BCUT2D eigenvalue weighted by molar-refractivity contribution is 6.76. The number of rotatable bonds is 9. The molecule has 0 fully saturated rings. The number of imidazole rings is 1. The molecule has 0 saturated carbocycles. The maximum Gasteiger partial charge on any atom is 0.151 e. The highest BCUT2D eigenvalue weighted by atomic mass is 28.3. The lowest BCUT2D eigenvalue weighted by molar-refractivity contribution is 0.0899. The largest absolute Gasteiger partial charge is 0.361 e. The summed E-state index contributed by atoms with van der Waals surface area (Å²) in [6, 6.07) is 8.84. The Morgan fingerprint density at radius 1 is 1.12 bits per heavy atom. The topological polar surface area (TPSA) is 92.1 Å². The second-order valence-electron chi connectivity index (χ2n) is 9.65. The third kappa shape index (κ3) is 4.82. The van der Waals surface area contributed by atoms with Gasteiger partial charge in [0.15, 0.2) is 6.29 Å². The van der Waals surface area contributed by atoms with Crippen molar-refractivity contribution in [3.05, 3.63) is 66.5 Å². The molecule has 0 N–H and O–H groups in total. The van der Waals surface area contributed by atoms with Gasteiger partial charge < -0.3 is 13.7 Å². The molecule has 0 aliphatic heterocycles. The molecular weight excluding hydrogens is 446 g/mol. The number of hydrogen-bond donors (Lipinski definition) is 0. The van der Waals surface area contributed by atoms with Crippen LogP contribution in [0.1, 0.15) is 16.1 Å². The fourth-order valence-corrected chi connectivity index (χ4v) is 4.50. The van der Waals surface area contributed by atoms with E-state index in [1.807, 2.05) is 45.9 Å². The van der Waals surface area contributed by atoms with E-state index in [0.717, 1.165) is 52.6 Å². The monoisotopic (exact) mass is 473 g/mol. The number of aromatic nitrogens is 7. The molecule has 0 spiro atoms. The zero-order valence-corrected chi connectivity index (χ0v) is 20.5. The molecule has 0 atom stereocenters. The standard InChI is InChI=1S/C24H27N7O2Si/c1-34(2,3)9-8-33-17-29-7-6-19-10-20(11-25-24(19)29)22-15-31(28-27-22)14-21-13-30-12-18(16-32)4-5-23(30)26-21/h4-7,10-13,15-16H,8-9,14,17H2,1-3H3. The number of hydrogen-bond acceptors (Lipinski definition) is 6. The molecule has 0 saturated heterocycles. The van der Waals surface area contributed by atoms with Gasteiger partial charge in [-0.15, -0.1) is 5.10 Å². The molecule has 9 nitrogen and oxygen atoms in total. The maximum absolute atomic E-state index is 11.0. The lowest BCUT2D eigenvalue weighted by atomic mass is 10.2. The van der Waals surface area contributed by atoms with Crippen LogP contribution in [0.3, 0.4) is 0 Å². The van der Waals surface area contributed by atoms with E-state index in [-0.39, 0.29) is 0 Å². The van der Waals surface area contributed by atoms with Gasteiger partial charge in [-0.05, 0) is 30.3 Å². The minimum absolute atomic E-state index is 0.478. The Bertz CT molecular complexity index is 1460. The van der Waals surface area contributed by atoms with Crippen molar-refractivity contribution >= 4 is 31.0 Å². The minimum Gasteiger partial charge on any atom is -0.361 e. The summed E-state index contributed by atoms with van der Waals surface area (Å²) in [5, 5.41) is 9.62. The van der Waals surface area contributed by atoms with Gasteiger partial charge in [-0.3, -0.25) is 4.79 Å². The predicted molar refractivity (Wildman–Crippen MR) is 133 cm³/mol. The molecule has 5 aromatic heterocycles. The first-order valence-electron chi connectivity index (χ1n) is 11.2. The summed E-state index contributed by atoms with van der Waals surface area (Å²) in [5.41, 5.74) is 4.77. The fraction of sp³-hybridized carbons (Fsp3) is 0.292. The van der Waals surface area contributed by atoms with Gasteiger partial charge in [0.1, 0.15) is 23.7 Å². The number of carbonyl (C=O) groups excluding carboxylic acids is 1. The Morgan fingerprint density at radius 2 is 2.00 bits per heavy atom. The Morgan fingerprint density at radius 3 is 2.82 bits per heavy atom. The van der Waals surface area contributed by atoms with Crippen LogP contribution in [0.4, 0.5) is 0 Å². The molecule has 5 aromatic rings. The number of nitrogens with zero attached hydrogens (tertiary/aromatic N) is 7. The van der Waals surface area contributed by atoms with E-state index in [1.54, 1.807) is 16.9 Å². The van der Waals surface area contributed by atoms with Crippen molar-refractivity contribution < 1.29 is 9.53 Å². The van der Waals surface area contributed by atoms with E-state index >= 15 is 0 Å². The predicted octanol–water partition coefficient (Wildman–Crippen LogP) is 4.12. The maximum atomic E-state index is 11.0. The second kappa shape index (κ2) is 8.96. The van der Waals surface area contributed by atoms with Crippen molar-refractivity contribution in [2.75, 3.05) is 6.61 Å². The fourth-order valence-electron chi connectivity index (χ4n) is 3.74. The molecular formula is C24H27N7O2Si. The number of ether oxygens (including phenoxy) is 1. The van der Waals surface area contributed by atoms with Crippen LogP contribution in [-0.4, -0.2) is 54.9 Å². The number of aldehydes is 1. The summed E-state index contributed by atoms with van der Waals surface area (Å²) < 4.78 is 11.5. The quantitative estimate of drug-likeness (QED) is 0.182. The number of pyridine rings is 2. The van der Waals surface area contributed by atoms with Crippen LogP contribution in [0.25, 0.3) is 27.9 Å². The van der Waals surface area contributed by atoms with Gasteiger partial charge in [0.2, 0.25) is 0 Å². The Labute approximate surface area is 198 Å². The molecule has 0 aliphatic carbocycles. The smallest absolute Gasteiger partial charge is 0.151 e. The third-order valence-corrected chi connectivity index (χ3v) is 7.35. The van der Waals surface area contributed by atoms with Crippen LogP contribution in [0.5, 0.6) is 0 Å². The molecule has 0 aromatic carbocycles. The molecule has 10 heteroatoms. The number of carbonyl (C=O) groups is 1. The molecule has 0 aliphatic rings. The molecule has 174 valence electrons. The van der Waals surface area contributed by atoms with Crippen LogP contribution in [0, 0.1) is 0 Å². The summed E-state index contributed by atoms with van der Waals surface area (Å²) in [5.74, 6) is 0. The SMILES string of the molecule is C[Si](C)(C)CCOCn1ccc2cc(-c3cn(Cc4cn5cc(C=O)ccc5n4)nn3)cnc21. The van der Waals surface area contributed by atoms with Gasteiger partial charge in [0.25, 0.3) is 0 Å². The van der Waals surface area contributed by atoms with E-state index in [0.29, 0.717) is 18.8 Å². The Kier molecular flexibility index (Phi) is 5.84. The first-order valence-corrected chi connectivity index (χ1v) is 14.9. The first-order chi connectivity index (χ1) is 16.4. The average Bonchev–Trinajstić information content (AvgIpc) is 3.53. The second-order valence-corrected chi connectivity index (χ2v) is 15.3. The molecule has 0 radical (unpaired) electrons. The zero-order valence-electron chi connectivity index (χ0n) is 19.5. The van der Waals surface area contributed by atoms with Gasteiger partial charge in [-0.2, -0.15) is 0 Å². The molecule has 34 heavy (non-hydrogen) atoms. The number of fused-ring (bicyclic) bond motifs is 2. The summed E-state index contributed by atoms with van der Waals surface area (Å²) >= 11 is 0. The summed E-state index contributed by atoms with van der Waals surface area (Å²) in [7, 11) is -1.10. The van der Waals surface area contributed by atoms with Crippen molar-refractivity contribution in [2.24, 2.45) is 0 Å². The highest BCUT2D eigenvalue weighted by Gasteiger charge is 2.13. The molecule has 0 amide bonds. The van der Waals surface area contributed by atoms with Crippen LogP contribution >= 0.6 is 0 Å². The lowest BCUT2D eigenvalue weighted by Gasteiger charge is -2.15. The van der Waals surface area contributed by atoms with Crippen LogP contribution in [-0.2, 0) is 18.0 Å². The molecule has 5 heterocycles. The van der Waals surface area contributed by atoms with E-state index in [4.69, 9.17) is 4.74 Å². The third-order valence-electron chi connectivity index (χ3n) is 5.65. The summed E-state index contributed by atoms with van der Waals surface area (Å²) in [6.07, 6.45) is 10.2. The van der Waals surface area contributed by atoms with Crippen molar-refractivity contribution in [3.8, 4) is 11.3 Å². The highest BCUT2D eigenvalue weighted by Crippen LogP contribution is 2.22. The van der Waals surface area contributed by atoms with Crippen LogP contribution in [0.15, 0.2) is 55.2 Å². The van der Waals surface area contributed by atoms with E-state index in [1.165, 1.54) is 0 Å². The lowest BCUT2D eigenvalue weighted by Crippen LogP contribution is -2.22. The Hall–Kier alpha value is -3.63. The van der Waals surface area contributed by atoms with Gasteiger partial charge in [-0.1, -0.05) is 24.9 Å². The molecule has 0 unspecified atom stereocenters. The molecule has 0 bridgehead atoms. The normalized spacial score (nSPS) is 12.1. The van der Waals surface area contributed by atoms with E-state index < -0.39 is 8.07 Å². The van der Waals surface area contributed by atoms with Crippen molar-refractivity contribution in [1.82, 2.24) is 33.9 Å². The van der Waals surface area contributed by atoms with Crippen LogP contribution < -0.4 is 0 Å².